The summed E-state index contributed by atoms with van der Waals surface area (Å²) in [4.78, 5) is 35.9. The molecule has 0 aromatic rings. The van der Waals surface area contributed by atoms with Gasteiger partial charge in [0.1, 0.15) is 5.54 Å². The summed E-state index contributed by atoms with van der Waals surface area (Å²) < 4.78 is 0. The van der Waals surface area contributed by atoms with Crippen LogP contribution in [-0.2, 0) is 9.59 Å². The number of rotatable bonds is 4. The Hall–Kier alpha value is -1.79. The molecule has 1 aliphatic carbocycles. The molecule has 1 saturated heterocycles. The van der Waals surface area contributed by atoms with E-state index < -0.39 is 23.4 Å². The molecule has 0 aromatic heterocycles. The fourth-order valence-electron chi connectivity index (χ4n) is 2.47. The van der Waals surface area contributed by atoms with E-state index in [9.17, 15) is 19.5 Å². The van der Waals surface area contributed by atoms with Gasteiger partial charge < -0.3 is 21.1 Å². The molecule has 1 heterocycles. The van der Waals surface area contributed by atoms with Crippen LogP contribution in [0.5, 0.6) is 0 Å². The predicted octanol–water partition coefficient (Wildman–Crippen LogP) is -0.243. The lowest BCUT2D eigenvalue weighted by Crippen LogP contribution is -2.57. The molecule has 0 bridgehead atoms. The summed E-state index contributed by atoms with van der Waals surface area (Å²) in [6.45, 7) is 2.23. The second-order valence-electron chi connectivity index (χ2n) is 5.55. The number of urea groups is 1. The maximum atomic E-state index is 12.1. The fourth-order valence-corrected chi connectivity index (χ4v) is 2.47. The van der Waals surface area contributed by atoms with Gasteiger partial charge in [0.25, 0.3) is 0 Å². The summed E-state index contributed by atoms with van der Waals surface area (Å²) >= 11 is 0. The first-order valence-electron chi connectivity index (χ1n) is 6.44. The first-order valence-corrected chi connectivity index (χ1v) is 6.44. The molecule has 3 amide bonds. The van der Waals surface area contributed by atoms with Gasteiger partial charge in [-0.1, -0.05) is 0 Å². The lowest BCUT2D eigenvalue weighted by Gasteiger charge is -2.29. The number of nitrogens with two attached hydrogens (primary N) is 1. The molecule has 1 saturated carbocycles. The number of nitrogens with zero attached hydrogens (tertiary/aromatic N) is 1. The van der Waals surface area contributed by atoms with Crippen LogP contribution in [0.1, 0.15) is 26.2 Å². The summed E-state index contributed by atoms with van der Waals surface area (Å²) in [5.74, 6) is -1.78. The van der Waals surface area contributed by atoms with E-state index in [4.69, 9.17) is 5.73 Å². The molecule has 0 radical (unpaired) electrons. The predicted molar refractivity (Wildman–Crippen MR) is 66.2 cm³/mol. The minimum atomic E-state index is -1.22. The molecule has 2 fully saturated rings. The van der Waals surface area contributed by atoms with Crippen molar-refractivity contribution >= 4 is 17.9 Å². The van der Waals surface area contributed by atoms with Gasteiger partial charge in [-0.15, -0.1) is 0 Å². The Morgan fingerprint density at radius 2 is 1.95 bits per heavy atom. The third kappa shape index (κ3) is 2.64. The van der Waals surface area contributed by atoms with Crippen LogP contribution in [0, 0.1) is 11.8 Å². The van der Waals surface area contributed by atoms with Gasteiger partial charge in [0.05, 0.1) is 5.92 Å². The molecule has 4 N–H and O–H groups in total. The van der Waals surface area contributed by atoms with Crippen LogP contribution >= 0.6 is 0 Å². The SMILES string of the molecule is CC(NC(=O)N1CCC(C(N)=O)C1)(C(=O)O)C1CC1. The van der Waals surface area contributed by atoms with E-state index >= 15 is 0 Å². The highest BCUT2D eigenvalue weighted by Crippen LogP contribution is 2.39. The molecule has 0 spiro atoms. The normalized spacial score (nSPS) is 25.7. The largest absolute Gasteiger partial charge is 0.480 e. The maximum Gasteiger partial charge on any atom is 0.329 e. The zero-order valence-corrected chi connectivity index (χ0v) is 10.9. The minimum Gasteiger partial charge on any atom is -0.480 e. The topological polar surface area (TPSA) is 113 Å². The Labute approximate surface area is 111 Å². The molecule has 0 aromatic carbocycles. The van der Waals surface area contributed by atoms with Crippen molar-refractivity contribution in [1.29, 1.82) is 0 Å². The first-order chi connectivity index (χ1) is 8.84. The van der Waals surface area contributed by atoms with Gasteiger partial charge in [-0.3, -0.25) is 4.79 Å². The van der Waals surface area contributed by atoms with E-state index in [2.05, 4.69) is 5.32 Å². The molecule has 106 valence electrons. The lowest BCUT2D eigenvalue weighted by molar-refractivity contribution is -0.144. The van der Waals surface area contributed by atoms with E-state index in [0.717, 1.165) is 12.8 Å². The third-order valence-corrected chi connectivity index (χ3v) is 4.08. The van der Waals surface area contributed by atoms with Crippen molar-refractivity contribution in [3.8, 4) is 0 Å². The Bertz CT molecular complexity index is 421. The van der Waals surface area contributed by atoms with Crippen LogP contribution in [0.4, 0.5) is 4.79 Å². The summed E-state index contributed by atoms with van der Waals surface area (Å²) in [5, 5.41) is 11.9. The van der Waals surface area contributed by atoms with Crippen molar-refractivity contribution in [2.75, 3.05) is 13.1 Å². The van der Waals surface area contributed by atoms with E-state index in [0.29, 0.717) is 13.0 Å². The molecule has 2 rings (SSSR count). The van der Waals surface area contributed by atoms with Crippen LogP contribution in [-0.4, -0.2) is 46.5 Å². The van der Waals surface area contributed by atoms with E-state index in [1.807, 2.05) is 0 Å². The van der Waals surface area contributed by atoms with Gasteiger partial charge in [-0.25, -0.2) is 9.59 Å². The highest BCUT2D eigenvalue weighted by atomic mass is 16.4. The number of hydrogen-bond donors (Lipinski definition) is 3. The molecule has 1 aliphatic heterocycles. The Morgan fingerprint density at radius 1 is 1.32 bits per heavy atom. The van der Waals surface area contributed by atoms with Crippen molar-refractivity contribution in [1.82, 2.24) is 10.2 Å². The number of carbonyl (C=O) groups is 3. The van der Waals surface area contributed by atoms with Gasteiger partial charge in [0.15, 0.2) is 0 Å². The summed E-state index contributed by atoms with van der Waals surface area (Å²) in [7, 11) is 0. The average molecular weight is 269 g/mol. The van der Waals surface area contributed by atoms with E-state index in [1.165, 1.54) is 11.8 Å². The second kappa shape index (κ2) is 4.71. The number of nitrogens with one attached hydrogen (secondary N) is 1. The van der Waals surface area contributed by atoms with Crippen LogP contribution in [0.2, 0.25) is 0 Å². The fraction of sp³-hybridized carbons (Fsp3) is 0.750. The van der Waals surface area contributed by atoms with Crippen LogP contribution in [0.3, 0.4) is 0 Å². The number of carboxylic acids is 1. The zero-order valence-electron chi connectivity index (χ0n) is 10.9. The van der Waals surface area contributed by atoms with Gasteiger partial charge in [-0.2, -0.15) is 0 Å². The average Bonchev–Trinajstić information content (AvgIpc) is 3.06. The van der Waals surface area contributed by atoms with Crippen molar-refractivity contribution in [2.45, 2.75) is 31.7 Å². The molecule has 7 nitrogen and oxygen atoms in total. The van der Waals surface area contributed by atoms with Gasteiger partial charge in [-0.05, 0) is 32.1 Å². The number of primary amides is 1. The minimum absolute atomic E-state index is 0.0107. The zero-order chi connectivity index (χ0) is 14.2. The van der Waals surface area contributed by atoms with E-state index in [-0.39, 0.29) is 18.4 Å². The Balaban J connectivity index is 1.97. The summed E-state index contributed by atoms with van der Waals surface area (Å²) in [6.07, 6.45) is 2.16. The number of likely N-dealkylation sites (tertiary alicyclic amines) is 1. The number of carboxylic acid groups (broad SMARTS) is 1. The van der Waals surface area contributed by atoms with Crippen molar-refractivity contribution in [2.24, 2.45) is 17.6 Å². The van der Waals surface area contributed by atoms with Crippen molar-refractivity contribution in [3.63, 3.8) is 0 Å². The molecule has 19 heavy (non-hydrogen) atoms. The van der Waals surface area contributed by atoms with E-state index in [1.54, 1.807) is 0 Å². The van der Waals surface area contributed by atoms with Crippen molar-refractivity contribution < 1.29 is 19.5 Å². The molecular weight excluding hydrogens is 250 g/mol. The maximum absolute atomic E-state index is 12.1. The molecule has 2 atom stereocenters. The lowest BCUT2D eigenvalue weighted by atomic mass is 9.96. The highest BCUT2D eigenvalue weighted by molar-refractivity contribution is 5.87. The quantitative estimate of drug-likeness (QED) is 0.653. The summed E-state index contributed by atoms with van der Waals surface area (Å²) in [6, 6.07) is -0.430. The second-order valence-corrected chi connectivity index (χ2v) is 5.55. The molecule has 7 heteroatoms. The van der Waals surface area contributed by atoms with Gasteiger partial charge in [0.2, 0.25) is 5.91 Å². The van der Waals surface area contributed by atoms with Crippen LogP contribution < -0.4 is 11.1 Å². The van der Waals surface area contributed by atoms with Crippen LogP contribution in [0.25, 0.3) is 0 Å². The van der Waals surface area contributed by atoms with Crippen LogP contribution in [0.15, 0.2) is 0 Å². The Morgan fingerprint density at radius 3 is 2.37 bits per heavy atom. The van der Waals surface area contributed by atoms with Gasteiger partial charge >= 0.3 is 12.0 Å². The highest BCUT2D eigenvalue weighted by Gasteiger charge is 2.49. The molecule has 2 aliphatic rings. The molecular formula is C12H19N3O4. The third-order valence-electron chi connectivity index (χ3n) is 4.08. The van der Waals surface area contributed by atoms with Crippen molar-refractivity contribution in [3.05, 3.63) is 0 Å². The smallest absolute Gasteiger partial charge is 0.329 e. The summed E-state index contributed by atoms with van der Waals surface area (Å²) in [5.41, 5.74) is 3.98. The number of hydrogen-bond acceptors (Lipinski definition) is 3. The number of carbonyl (C=O) groups excluding carboxylic acids is 2. The molecule has 2 unspecified atom stereocenters. The Kier molecular flexibility index (Phi) is 3.38. The number of aliphatic carboxylic acids is 1. The van der Waals surface area contributed by atoms with Gasteiger partial charge in [0, 0.05) is 13.1 Å². The standard InChI is InChI=1S/C12H19N3O4/c1-12(10(17)18,8-2-3-8)14-11(19)15-5-4-7(6-15)9(13)16/h7-8H,2-6H2,1H3,(H2,13,16)(H,14,19)(H,17,18). The monoisotopic (exact) mass is 269 g/mol. The number of amides is 3. The first kappa shape index (κ1) is 13.6.